The molecule has 1 aromatic carbocycles. The van der Waals surface area contributed by atoms with E-state index < -0.39 is 5.41 Å². The number of anilines is 1. The molecule has 1 atom stereocenters. The highest BCUT2D eigenvalue weighted by atomic mass is 79.9. The summed E-state index contributed by atoms with van der Waals surface area (Å²) in [5, 5.41) is 2.92. The van der Waals surface area contributed by atoms with Crippen LogP contribution in [0.4, 0.5) is 5.69 Å². The Kier molecular flexibility index (Phi) is 1.91. The van der Waals surface area contributed by atoms with Gasteiger partial charge in [0.1, 0.15) is 5.41 Å². The maximum Gasteiger partial charge on any atom is 0.237 e. The predicted octanol–water partition coefficient (Wildman–Crippen LogP) is 2.06. The molecule has 0 radical (unpaired) electrons. The van der Waals surface area contributed by atoms with Crippen molar-refractivity contribution in [2.75, 3.05) is 18.5 Å². The first kappa shape index (κ1) is 9.36. The Bertz CT molecular complexity index is 438. The lowest BCUT2D eigenvalue weighted by Gasteiger charge is -2.18. The maximum absolute atomic E-state index is 12.0. The Labute approximate surface area is 95.9 Å². The summed E-state index contributed by atoms with van der Waals surface area (Å²) in [4.78, 5) is 12.0. The number of fused-ring (bicyclic) bond motifs is 2. The minimum absolute atomic E-state index is 0.0769. The van der Waals surface area contributed by atoms with Gasteiger partial charge in [0.15, 0.2) is 0 Å². The Morgan fingerprint density at radius 1 is 1.47 bits per heavy atom. The zero-order valence-electron chi connectivity index (χ0n) is 8.05. The Hall–Kier alpha value is -0.870. The van der Waals surface area contributed by atoms with Crippen LogP contribution in [-0.2, 0) is 14.9 Å². The van der Waals surface area contributed by atoms with Gasteiger partial charge in [-0.1, -0.05) is 22.0 Å². The molecule has 3 nitrogen and oxygen atoms in total. The standard InChI is InChI=1S/C11H10BrNO2/c12-7-1-2-8-9(5-7)13-10(14)11(8)3-4-15-6-11/h1-2,5H,3-4,6H2,(H,13,14). The zero-order valence-corrected chi connectivity index (χ0v) is 9.63. The highest BCUT2D eigenvalue weighted by Crippen LogP contribution is 2.44. The fourth-order valence-corrected chi connectivity index (χ4v) is 2.72. The van der Waals surface area contributed by atoms with Crippen molar-refractivity contribution in [3.8, 4) is 0 Å². The van der Waals surface area contributed by atoms with Gasteiger partial charge in [0, 0.05) is 16.8 Å². The summed E-state index contributed by atoms with van der Waals surface area (Å²) in [7, 11) is 0. The SMILES string of the molecule is O=C1Nc2cc(Br)ccc2C12CCOC2. The minimum atomic E-state index is -0.421. The second-order valence-corrected chi connectivity index (χ2v) is 4.94. The van der Waals surface area contributed by atoms with Gasteiger partial charge in [0.2, 0.25) is 5.91 Å². The number of carbonyl (C=O) groups excluding carboxylic acids is 1. The third-order valence-electron chi connectivity index (χ3n) is 3.20. The van der Waals surface area contributed by atoms with Crippen molar-refractivity contribution in [3.05, 3.63) is 28.2 Å². The number of ether oxygens (including phenoxy) is 1. The lowest BCUT2D eigenvalue weighted by molar-refractivity contribution is -0.120. The number of hydrogen-bond acceptors (Lipinski definition) is 2. The predicted molar refractivity (Wildman–Crippen MR) is 59.9 cm³/mol. The van der Waals surface area contributed by atoms with Crippen LogP contribution in [0.5, 0.6) is 0 Å². The summed E-state index contributed by atoms with van der Waals surface area (Å²) in [5.74, 6) is 0.0769. The number of amides is 1. The van der Waals surface area contributed by atoms with E-state index in [0.717, 1.165) is 22.1 Å². The van der Waals surface area contributed by atoms with Crippen molar-refractivity contribution in [3.63, 3.8) is 0 Å². The molecule has 0 aromatic heterocycles. The average molecular weight is 268 g/mol. The summed E-state index contributed by atoms with van der Waals surface area (Å²) >= 11 is 3.40. The van der Waals surface area contributed by atoms with Crippen LogP contribution in [0, 0.1) is 0 Å². The quantitative estimate of drug-likeness (QED) is 0.782. The van der Waals surface area contributed by atoms with Crippen molar-refractivity contribution in [1.29, 1.82) is 0 Å². The van der Waals surface area contributed by atoms with Crippen LogP contribution in [0.2, 0.25) is 0 Å². The molecule has 1 unspecified atom stereocenters. The van der Waals surface area contributed by atoms with Crippen molar-refractivity contribution in [2.24, 2.45) is 0 Å². The van der Waals surface area contributed by atoms with Gasteiger partial charge in [-0.3, -0.25) is 4.79 Å². The van der Waals surface area contributed by atoms with E-state index in [1.165, 1.54) is 0 Å². The molecule has 1 amide bonds. The topological polar surface area (TPSA) is 38.3 Å². The molecule has 1 aromatic rings. The number of nitrogens with one attached hydrogen (secondary N) is 1. The van der Waals surface area contributed by atoms with Crippen molar-refractivity contribution in [2.45, 2.75) is 11.8 Å². The third kappa shape index (κ3) is 1.18. The molecule has 4 heteroatoms. The summed E-state index contributed by atoms with van der Waals surface area (Å²) in [6, 6.07) is 5.92. The maximum atomic E-state index is 12.0. The van der Waals surface area contributed by atoms with E-state index in [0.29, 0.717) is 13.2 Å². The molecule has 2 aliphatic heterocycles. The van der Waals surface area contributed by atoms with Crippen LogP contribution in [-0.4, -0.2) is 19.1 Å². The molecule has 1 spiro atoms. The van der Waals surface area contributed by atoms with Crippen molar-refractivity contribution in [1.82, 2.24) is 0 Å². The first-order valence-electron chi connectivity index (χ1n) is 4.92. The molecule has 0 aliphatic carbocycles. The summed E-state index contributed by atoms with van der Waals surface area (Å²) in [6.45, 7) is 1.18. The van der Waals surface area contributed by atoms with E-state index >= 15 is 0 Å². The fourth-order valence-electron chi connectivity index (χ4n) is 2.36. The second kappa shape index (κ2) is 3.06. The Morgan fingerprint density at radius 3 is 3.07 bits per heavy atom. The first-order valence-corrected chi connectivity index (χ1v) is 5.71. The van der Waals surface area contributed by atoms with Gasteiger partial charge in [-0.15, -0.1) is 0 Å². The molecular weight excluding hydrogens is 258 g/mol. The van der Waals surface area contributed by atoms with Gasteiger partial charge in [-0.2, -0.15) is 0 Å². The second-order valence-electron chi connectivity index (χ2n) is 4.03. The van der Waals surface area contributed by atoms with Crippen LogP contribution < -0.4 is 5.32 Å². The van der Waals surface area contributed by atoms with Crippen LogP contribution in [0.3, 0.4) is 0 Å². The lowest BCUT2D eigenvalue weighted by atomic mass is 9.81. The molecule has 1 N–H and O–H groups in total. The highest BCUT2D eigenvalue weighted by Gasteiger charge is 2.49. The zero-order chi connectivity index (χ0) is 10.5. The van der Waals surface area contributed by atoms with E-state index in [-0.39, 0.29) is 5.91 Å². The number of benzene rings is 1. The monoisotopic (exact) mass is 267 g/mol. The Morgan fingerprint density at radius 2 is 2.33 bits per heavy atom. The van der Waals surface area contributed by atoms with Crippen molar-refractivity contribution < 1.29 is 9.53 Å². The summed E-state index contributed by atoms with van der Waals surface area (Å²) < 4.78 is 6.35. The Balaban J connectivity index is 2.17. The van der Waals surface area contributed by atoms with Gasteiger partial charge in [-0.25, -0.2) is 0 Å². The number of carbonyl (C=O) groups is 1. The first-order chi connectivity index (χ1) is 7.22. The molecule has 15 heavy (non-hydrogen) atoms. The van der Waals surface area contributed by atoms with Gasteiger partial charge in [0.05, 0.1) is 6.61 Å². The largest absolute Gasteiger partial charge is 0.380 e. The molecule has 2 heterocycles. The molecule has 3 rings (SSSR count). The fraction of sp³-hybridized carbons (Fsp3) is 0.364. The van der Waals surface area contributed by atoms with E-state index in [1.54, 1.807) is 0 Å². The molecule has 0 bridgehead atoms. The molecular formula is C11H10BrNO2. The van der Waals surface area contributed by atoms with Crippen molar-refractivity contribution >= 4 is 27.5 Å². The lowest BCUT2D eigenvalue weighted by Crippen LogP contribution is -2.34. The van der Waals surface area contributed by atoms with E-state index in [1.807, 2.05) is 18.2 Å². The number of hydrogen-bond donors (Lipinski definition) is 1. The van der Waals surface area contributed by atoms with E-state index in [4.69, 9.17) is 4.74 Å². The number of halogens is 1. The number of rotatable bonds is 0. The molecule has 0 saturated carbocycles. The summed E-state index contributed by atoms with van der Waals surface area (Å²) in [5.41, 5.74) is 1.57. The van der Waals surface area contributed by atoms with Crippen LogP contribution >= 0.6 is 15.9 Å². The van der Waals surface area contributed by atoms with E-state index in [2.05, 4.69) is 21.2 Å². The van der Waals surface area contributed by atoms with Gasteiger partial charge in [-0.05, 0) is 24.1 Å². The molecule has 78 valence electrons. The average Bonchev–Trinajstić information content (AvgIpc) is 2.76. The van der Waals surface area contributed by atoms with Gasteiger partial charge >= 0.3 is 0 Å². The van der Waals surface area contributed by atoms with Crippen LogP contribution in [0.15, 0.2) is 22.7 Å². The summed E-state index contributed by atoms with van der Waals surface area (Å²) in [6.07, 6.45) is 0.785. The smallest absolute Gasteiger partial charge is 0.237 e. The van der Waals surface area contributed by atoms with Gasteiger partial charge in [0.25, 0.3) is 0 Å². The molecule has 2 aliphatic rings. The van der Waals surface area contributed by atoms with Gasteiger partial charge < -0.3 is 10.1 Å². The third-order valence-corrected chi connectivity index (χ3v) is 3.69. The van der Waals surface area contributed by atoms with Crippen LogP contribution in [0.25, 0.3) is 0 Å². The normalized spacial score (nSPS) is 28.2. The minimum Gasteiger partial charge on any atom is -0.380 e. The molecule has 1 fully saturated rings. The van der Waals surface area contributed by atoms with Crippen LogP contribution in [0.1, 0.15) is 12.0 Å². The highest BCUT2D eigenvalue weighted by molar-refractivity contribution is 9.10. The van der Waals surface area contributed by atoms with E-state index in [9.17, 15) is 4.79 Å². The molecule has 1 saturated heterocycles.